The molecule has 0 aliphatic carbocycles. The molecule has 2 heterocycles. The average molecular weight is 462 g/mol. The zero-order valence-corrected chi connectivity index (χ0v) is 19.5. The highest BCUT2D eigenvalue weighted by atomic mass is 35.5. The third-order valence-corrected chi connectivity index (χ3v) is 5.92. The van der Waals surface area contributed by atoms with Gasteiger partial charge in [0.05, 0.1) is 5.25 Å². The molecule has 0 fully saturated rings. The van der Waals surface area contributed by atoms with E-state index in [1.165, 1.54) is 11.6 Å². The second-order valence-electron chi connectivity index (χ2n) is 7.68. The summed E-state index contributed by atoms with van der Waals surface area (Å²) in [6, 6.07) is 6.80. The van der Waals surface area contributed by atoms with Crippen LogP contribution in [0.25, 0.3) is 11.0 Å². The molecule has 0 bridgehead atoms. The maximum absolute atomic E-state index is 12.9. The minimum atomic E-state index is -0.552. The molecule has 1 atom stereocenters. The van der Waals surface area contributed by atoms with Gasteiger partial charge in [-0.2, -0.15) is 0 Å². The Hall–Kier alpha value is -2.65. The topological polar surface area (TPSA) is 98.9 Å². The van der Waals surface area contributed by atoms with E-state index in [4.69, 9.17) is 11.6 Å². The fourth-order valence-electron chi connectivity index (χ4n) is 3.05. The highest BCUT2D eigenvalue weighted by Gasteiger charge is 2.22. The average Bonchev–Trinajstić information content (AvgIpc) is 2.70. The van der Waals surface area contributed by atoms with Gasteiger partial charge in [0.15, 0.2) is 5.65 Å². The normalized spacial score (nSPS) is 12.4. The number of rotatable bonds is 6. The van der Waals surface area contributed by atoms with Crippen LogP contribution in [0.2, 0.25) is 5.02 Å². The van der Waals surface area contributed by atoms with Crippen molar-refractivity contribution in [2.24, 2.45) is 13.0 Å². The quantitative estimate of drug-likeness (QED) is 0.447. The van der Waals surface area contributed by atoms with Gasteiger partial charge in [0.2, 0.25) is 5.91 Å². The molecule has 10 heteroatoms. The number of thioether (sulfide) groups is 1. The maximum atomic E-state index is 12.9. The second-order valence-corrected chi connectivity index (χ2v) is 9.45. The number of hydrogen-bond donors (Lipinski definition) is 1. The van der Waals surface area contributed by atoms with E-state index in [0.29, 0.717) is 33.8 Å². The lowest BCUT2D eigenvalue weighted by molar-refractivity contribution is -0.115. The van der Waals surface area contributed by atoms with Crippen LogP contribution in [0, 0.1) is 12.8 Å². The zero-order chi connectivity index (χ0) is 22.9. The molecule has 0 saturated heterocycles. The number of fused-ring (bicyclic) bond motifs is 1. The maximum Gasteiger partial charge on any atom is 0.332 e. The molecule has 0 unspecified atom stereocenters. The highest BCUT2D eigenvalue weighted by Crippen LogP contribution is 2.27. The number of nitrogens with one attached hydrogen (secondary N) is 1. The molecule has 164 valence electrons. The Labute approximate surface area is 188 Å². The molecule has 8 nitrogen and oxygen atoms in total. The summed E-state index contributed by atoms with van der Waals surface area (Å²) < 4.78 is 2.56. The van der Waals surface area contributed by atoms with Crippen molar-refractivity contribution in [3.05, 3.63) is 56.0 Å². The highest BCUT2D eigenvalue weighted by molar-refractivity contribution is 8.00. The van der Waals surface area contributed by atoms with Crippen molar-refractivity contribution < 1.29 is 4.79 Å². The molecule has 31 heavy (non-hydrogen) atoms. The van der Waals surface area contributed by atoms with Crippen molar-refractivity contribution in [3.8, 4) is 0 Å². The second kappa shape index (κ2) is 9.23. The van der Waals surface area contributed by atoms with Crippen LogP contribution in [-0.4, -0.2) is 30.3 Å². The van der Waals surface area contributed by atoms with Crippen LogP contribution in [0.15, 0.2) is 38.9 Å². The van der Waals surface area contributed by atoms with Crippen molar-refractivity contribution in [1.82, 2.24) is 19.1 Å². The number of amides is 1. The minimum absolute atomic E-state index is 0.175. The Bertz CT molecular complexity index is 1250. The zero-order valence-electron chi connectivity index (χ0n) is 18.0. The minimum Gasteiger partial charge on any atom is -0.325 e. The largest absolute Gasteiger partial charge is 0.332 e. The number of aryl methyl sites for hydroxylation is 1. The lowest BCUT2D eigenvalue weighted by Crippen LogP contribution is -2.39. The van der Waals surface area contributed by atoms with Gasteiger partial charge in [0.1, 0.15) is 16.2 Å². The first-order valence-corrected chi connectivity index (χ1v) is 11.1. The summed E-state index contributed by atoms with van der Waals surface area (Å²) in [5, 5.41) is 3.46. The molecule has 0 radical (unpaired) electrons. The van der Waals surface area contributed by atoms with Crippen LogP contribution in [0.3, 0.4) is 0 Å². The summed E-state index contributed by atoms with van der Waals surface area (Å²) >= 11 is 7.04. The molecule has 1 N–H and O–H groups in total. The molecule has 0 spiro atoms. The lowest BCUT2D eigenvalue weighted by Gasteiger charge is -2.16. The standard InChI is InChI=1S/C21H24ClN5O3S/c1-11(2)10-27-17-16(20(29)26(5)21(27)30)19(24-13(4)23-17)31-12(3)18(28)25-15-8-6-14(22)7-9-15/h6-9,11-12H,10H2,1-5H3,(H,25,28)/t12-/m1/s1. The molecule has 3 rings (SSSR count). The van der Waals surface area contributed by atoms with Gasteiger partial charge in [0, 0.05) is 24.3 Å². The monoisotopic (exact) mass is 461 g/mol. The molecular weight excluding hydrogens is 438 g/mol. The van der Waals surface area contributed by atoms with Gasteiger partial charge in [-0.3, -0.25) is 18.7 Å². The fourth-order valence-corrected chi connectivity index (χ4v) is 4.16. The smallest absolute Gasteiger partial charge is 0.325 e. The van der Waals surface area contributed by atoms with E-state index in [2.05, 4.69) is 15.3 Å². The number of carbonyl (C=O) groups excluding carboxylic acids is 1. The third kappa shape index (κ3) is 4.99. The molecule has 0 aliphatic heterocycles. The van der Waals surface area contributed by atoms with Crippen LogP contribution >= 0.6 is 23.4 Å². The van der Waals surface area contributed by atoms with Crippen molar-refractivity contribution in [2.45, 2.75) is 44.5 Å². The fraction of sp³-hybridized carbons (Fsp3) is 0.381. The van der Waals surface area contributed by atoms with Crippen LogP contribution < -0.4 is 16.6 Å². The lowest BCUT2D eigenvalue weighted by atomic mass is 10.2. The Morgan fingerprint density at radius 1 is 1.16 bits per heavy atom. The van der Waals surface area contributed by atoms with Crippen LogP contribution in [-0.2, 0) is 18.4 Å². The molecule has 1 amide bonds. The molecule has 3 aromatic rings. The first-order valence-electron chi connectivity index (χ1n) is 9.79. The van der Waals surface area contributed by atoms with Crippen LogP contribution in [0.4, 0.5) is 5.69 Å². The molecule has 0 saturated carbocycles. The van der Waals surface area contributed by atoms with E-state index in [1.807, 2.05) is 13.8 Å². The predicted octanol–water partition coefficient (Wildman–Crippen LogP) is 3.23. The van der Waals surface area contributed by atoms with Gasteiger partial charge < -0.3 is 5.32 Å². The molecule has 1 aromatic carbocycles. The Morgan fingerprint density at radius 3 is 2.42 bits per heavy atom. The van der Waals surface area contributed by atoms with E-state index < -0.39 is 16.5 Å². The number of hydrogen-bond acceptors (Lipinski definition) is 6. The van der Waals surface area contributed by atoms with E-state index in [1.54, 1.807) is 38.1 Å². The van der Waals surface area contributed by atoms with Crippen molar-refractivity contribution in [3.63, 3.8) is 0 Å². The summed E-state index contributed by atoms with van der Waals surface area (Å²) in [7, 11) is 1.44. The number of halogens is 1. The first kappa shape index (κ1) is 23.0. The van der Waals surface area contributed by atoms with Gasteiger partial charge in [0.25, 0.3) is 5.56 Å². The first-order chi connectivity index (χ1) is 14.6. The van der Waals surface area contributed by atoms with Gasteiger partial charge in [-0.05, 0) is 44.0 Å². The van der Waals surface area contributed by atoms with Crippen LogP contribution in [0.5, 0.6) is 0 Å². The van der Waals surface area contributed by atoms with E-state index in [0.717, 1.165) is 16.3 Å². The Morgan fingerprint density at radius 2 is 1.81 bits per heavy atom. The predicted molar refractivity (Wildman–Crippen MR) is 124 cm³/mol. The third-order valence-electron chi connectivity index (χ3n) is 4.58. The number of anilines is 1. The Kier molecular flexibility index (Phi) is 6.86. The SMILES string of the molecule is Cc1nc(S[C@H](C)C(=O)Nc2ccc(Cl)cc2)c2c(=O)n(C)c(=O)n(CC(C)C)c2n1. The van der Waals surface area contributed by atoms with E-state index in [9.17, 15) is 14.4 Å². The number of aromatic nitrogens is 4. The Balaban J connectivity index is 2.02. The van der Waals surface area contributed by atoms with Crippen LogP contribution in [0.1, 0.15) is 26.6 Å². The van der Waals surface area contributed by atoms with E-state index >= 15 is 0 Å². The number of benzene rings is 1. The van der Waals surface area contributed by atoms with Gasteiger partial charge in [-0.1, -0.05) is 37.2 Å². The summed E-state index contributed by atoms with van der Waals surface area (Å²) in [6.45, 7) is 7.81. The summed E-state index contributed by atoms with van der Waals surface area (Å²) in [6.07, 6.45) is 0. The van der Waals surface area contributed by atoms with Gasteiger partial charge in [-0.15, -0.1) is 0 Å². The van der Waals surface area contributed by atoms with Gasteiger partial charge in [-0.25, -0.2) is 14.8 Å². The summed E-state index contributed by atoms with van der Waals surface area (Å²) in [5.41, 5.74) is 0.0102. The molecule has 0 aliphatic rings. The number of carbonyl (C=O) groups is 1. The molecule has 2 aromatic heterocycles. The number of nitrogens with zero attached hydrogens (tertiary/aromatic N) is 4. The van der Waals surface area contributed by atoms with Gasteiger partial charge >= 0.3 is 5.69 Å². The summed E-state index contributed by atoms with van der Waals surface area (Å²) in [5.74, 6) is 0.350. The summed E-state index contributed by atoms with van der Waals surface area (Å²) in [4.78, 5) is 47.1. The molecular formula is C21H24ClN5O3S. The van der Waals surface area contributed by atoms with Crippen molar-refractivity contribution in [2.75, 3.05) is 5.32 Å². The van der Waals surface area contributed by atoms with E-state index in [-0.39, 0.29) is 17.2 Å². The van der Waals surface area contributed by atoms with Crippen molar-refractivity contribution in [1.29, 1.82) is 0 Å². The van der Waals surface area contributed by atoms with Crippen molar-refractivity contribution >= 4 is 46.0 Å².